The number of allylic oxidation sites excluding steroid dienone is 1. The summed E-state index contributed by atoms with van der Waals surface area (Å²) >= 11 is 0. The molecular weight excluding hydrogens is 276 g/mol. The molecule has 2 rings (SSSR count). The standard InChI is InChI=1S/C19H30O3/c1-2-8-15(21)10-11-17-16(18-12-13-19(17)22-18)9-6-4-3-5-7-14-20/h2,5,7,10-11,15-21H,1,3-4,6,8-9,12-14H2/t15?,16-,17+,18-,19+/m1/s1. The van der Waals surface area contributed by atoms with Gasteiger partial charge in [0, 0.05) is 5.92 Å². The molecule has 2 heterocycles. The molecule has 0 aromatic rings. The predicted octanol–water partition coefficient (Wildman–Crippen LogP) is 3.38. The first-order chi connectivity index (χ1) is 10.8. The lowest BCUT2D eigenvalue weighted by Gasteiger charge is -2.26. The summed E-state index contributed by atoms with van der Waals surface area (Å²) in [5.74, 6) is 1.07. The number of aliphatic hydroxyl groups excluding tert-OH is 2. The van der Waals surface area contributed by atoms with Gasteiger partial charge in [-0.1, -0.05) is 36.8 Å². The second-order valence-electron chi connectivity index (χ2n) is 6.45. The van der Waals surface area contributed by atoms with Crippen molar-refractivity contribution >= 4 is 0 Å². The van der Waals surface area contributed by atoms with Crippen LogP contribution in [0.5, 0.6) is 0 Å². The van der Waals surface area contributed by atoms with Crippen molar-refractivity contribution in [3.05, 3.63) is 37.0 Å². The SMILES string of the molecule is C=CCC(O)C=C[C@H]1[C@@H](CCCCC=CCO)[C@H]2CC[C@@H]1O2. The van der Waals surface area contributed by atoms with Crippen LogP contribution in [0.15, 0.2) is 37.0 Å². The number of rotatable bonds is 10. The quantitative estimate of drug-likeness (QED) is 0.480. The van der Waals surface area contributed by atoms with E-state index in [0.717, 1.165) is 12.8 Å². The maximum absolute atomic E-state index is 9.84. The summed E-state index contributed by atoms with van der Waals surface area (Å²) in [4.78, 5) is 0. The molecule has 2 fully saturated rings. The van der Waals surface area contributed by atoms with E-state index < -0.39 is 6.10 Å². The van der Waals surface area contributed by atoms with Gasteiger partial charge in [-0.15, -0.1) is 6.58 Å². The largest absolute Gasteiger partial charge is 0.392 e. The number of aliphatic hydroxyl groups is 2. The summed E-state index contributed by atoms with van der Waals surface area (Å²) in [6, 6.07) is 0. The minimum Gasteiger partial charge on any atom is -0.392 e. The van der Waals surface area contributed by atoms with Crippen molar-refractivity contribution in [3.63, 3.8) is 0 Å². The van der Waals surface area contributed by atoms with Crippen LogP contribution in [-0.2, 0) is 4.74 Å². The molecule has 0 saturated carbocycles. The minimum atomic E-state index is -0.416. The van der Waals surface area contributed by atoms with Gasteiger partial charge in [0.25, 0.3) is 0 Å². The summed E-state index contributed by atoms with van der Waals surface area (Å²) < 4.78 is 6.09. The van der Waals surface area contributed by atoms with E-state index in [-0.39, 0.29) is 6.61 Å². The normalized spacial score (nSPS) is 32.3. The average molecular weight is 306 g/mol. The lowest BCUT2D eigenvalue weighted by Crippen LogP contribution is -2.26. The number of fused-ring (bicyclic) bond motifs is 2. The third kappa shape index (κ3) is 4.80. The fourth-order valence-corrected chi connectivity index (χ4v) is 3.80. The van der Waals surface area contributed by atoms with Crippen LogP contribution in [0.1, 0.15) is 44.9 Å². The van der Waals surface area contributed by atoms with Crippen molar-refractivity contribution in [2.24, 2.45) is 11.8 Å². The Hall–Kier alpha value is -0.900. The van der Waals surface area contributed by atoms with Crippen LogP contribution < -0.4 is 0 Å². The second-order valence-corrected chi connectivity index (χ2v) is 6.45. The summed E-state index contributed by atoms with van der Waals surface area (Å²) in [5.41, 5.74) is 0. The highest BCUT2D eigenvalue weighted by atomic mass is 16.5. The predicted molar refractivity (Wildman–Crippen MR) is 89.5 cm³/mol. The van der Waals surface area contributed by atoms with Crippen LogP contribution in [0.3, 0.4) is 0 Å². The lowest BCUT2D eigenvalue weighted by atomic mass is 9.76. The molecule has 3 heteroatoms. The van der Waals surface area contributed by atoms with Gasteiger partial charge >= 0.3 is 0 Å². The van der Waals surface area contributed by atoms with Gasteiger partial charge in [0.15, 0.2) is 0 Å². The monoisotopic (exact) mass is 306 g/mol. The molecule has 2 aliphatic heterocycles. The molecule has 0 aliphatic carbocycles. The van der Waals surface area contributed by atoms with E-state index in [1.54, 1.807) is 6.08 Å². The molecule has 3 nitrogen and oxygen atoms in total. The van der Waals surface area contributed by atoms with Gasteiger partial charge in [-0.25, -0.2) is 0 Å². The zero-order valence-electron chi connectivity index (χ0n) is 13.4. The highest BCUT2D eigenvalue weighted by Crippen LogP contribution is 2.46. The van der Waals surface area contributed by atoms with Gasteiger partial charge in [-0.2, -0.15) is 0 Å². The van der Waals surface area contributed by atoms with E-state index in [4.69, 9.17) is 9.84 Å². The highest BCUT2D eigenvalue weighted by Gasteiger charge is 2.46. The Morgan fingerprint density at radius 1 is 1.18 bits per heavy atom. The first-order valence-corrected chi connectivity index (χ1v) is 8.65. The first-order valence-electron chi connectivity index (χ1n) is 8.65. The van der Waals surface area contributed by atoms with Crippen molar-refractivity contribution in [1.82, 2.24) is 0 Å². The molecule has 0 radical (unpaired) electrons. The van der Waals surface area contributed by atoms with Crippen LogP contribution >= 0.6 is 0 Å². The lowest BCUT2D eigenvalue weighted by molar-refractivity contribution is 0.0884. The van der Waals surface area contributed by atoms with Crippen molar-refractivity contribution in [2.45, 2.75) is 63.3 Å². The molecule has 0 aromatic heterocycles. The van der Waals surface area contributed by atoms with E-state index in [2.05, 4.69) is 18.7 Å². The molecule has 0 amide bonds. The maximum Gasteiger partial charge on any atom is 0.0755 e. The molecule has 22 heavy (non-hydrogen) atoms. The van der Waals surface area contributed by atoms with Gasteiger partial charge in [0.2, 0.25) is 0 Å². The third-order valence-corrected chi connectivity index (χ3v) is 4.88. The summed E-state index contributed by atoms with van der Waals surface area (Å²) in [6.07, 6.45) is 17.7. The van der Waals surface area contributed by atoms with Crippen LogP contribution in [0.4, 0.5) is 0 Å². The Kier molecular flexibility index (Phi) is 7.37. The molecule has 2 N–H and O–H groups in total. The molecular formula is C19H30O3. The van der Waals surface area contributed by atoms with Crippen LogP contribution in [0, 0.1) is 11.8 Å². The molecule has 1 unspecified atom stereocenters. The number of hydrogen-bond donors (Lipinski definition) is 2. The van der Waals surface area contributed by atoms with Crippen molar-refractivity contribution in [1.29, 1.82) is 0 Å². The van der Waals surface area contributed by atoms with Gasteiger partial charge in [-0.05, 0) is 44.4 Å². The Morgan fingerprint density at radius 2 is 2.00 bits per heavy atom. The van der Waals surface area contributed by atoms with Gasteiger partial charge in [0.1, 0.15) is 0 Å². The molecule has 0 aromatic carbocycles. The van der Waals surface area contributed by atoms with E-state index in [1.807, 2.05) is 12.2 Å². The maximum atomic E-state index is 9.84. The molecule has 2 saturated heterocycles. The van der Waals surface area contributed by atoms with E-state index in [1.165, 1.54) is 25.7 Å². The Labute approximate surface area is 134 Å². The first kappa shape index (κ1) is 17.5. The van der Waals surface area contributed by atoms with Gasteiger partial charge < -0.3 is 14.9 Å². The third-order valence-electron chi connectivity index (χ3n) is 4.88. The number of ether oxygens (including phenoxy) is 1. The number of unbranched alkanes of at least 4 members (excludes halogenated alkanes) is 2. The van der Waals surface area contributed by atoms with E-state index in [0.29, 0.717) is 30.5 Å². The topological polar surface area (TPSA) is 49.7 Å². The Balaban J connectivity index is 1.80. The summed E-state index contributed by atoms with van der Waals surface area (Å²) in [6.45, 7) is 3.80. The summed E-state index contributed by atoms with van der Waals surface area (Å²) in [7, 11) is 0. The van der Waals surface area contributed by atoms with Gasteiger partial charge in [0.05, 0.1) is 24.9 Å². The smallest absolute Gasteiger partial charge is 0.0755 e. The fraction of sp³-hybridized carbons (Fsp3) is 0.684. The van der Waals surface area contributed by atoms with Crippen molar-refractivity contribution in [3.8, 4) is 0 Å². The average Bonchev–Trinajstić information content (AvgIpc) is 3.10. The molecule has 2 bridgehead atoms. The van der Waals surface area contributed by atoms with Crippen molar-refractivity contribution in [2.75, 3.05) is 6.61 Å². The minimum absolute atomic E-state index is 0.139. The van der Waals surface area contributed by atoms with E-state index in [9.17, 15) is 5.11 Å². The van der Waals surface area contributed by atoms with Crippen LogP contribution in [0.25, 0.3) is 0 Å². The molecule has 0 spiro atoms. The summed E-state index contributed by atoms with van der Waals surface area (Å²) in [5, 5.41) is 18.5. The van der Waals surface area contributed by atoms with Crippen LogP contribution in [0.2, 0.25) is 0 Å². The zero-order valence-corrected chi connectivity index (χ0v) is 13.4. The molecule has 5 atom stereocenters. The Bertz CT molecular complexity index is 388. The zero-order chi connectivity index (χ0) is 15.8. The highest BCUT2D eigenvalue weighted by molar-refractivity contribution is 5.07. The fourth-order valence-electron chi connectivity index (χ4n) is 3.80. The second kappa shape index (κ2) is 9.29. The molecule has 2 aliphatic rings. The van der Waals surface area contributed by atoms with E-state index >= 15 is 0 Å². The number of hydrogen-bond acceptors (Lipinski definition) is 3. The Morgan fingerprint density at radius 3 is 2.77 bits per heavy atom. The van der Waals surface area contributed by atoms with Crippen LogP contribution in [-0.4, -0.2) is 35.1 Å². The van der Waals surface area contributed by atoms with Crippen molar-refractivity contribution < 1.29 is 14.9 Å². The molecule has 124 valence electrons. The van der Waals surface area contributed by atoms with Gasteiger partial charge in [-0.3, -0.25) is 0 Å².